The van der Waals surface area contributed by atoms with E-state index in [0.29, 0.717) is 47.3 Å². The van der Waals surface area contributed by atoms with E-state index in [9.17, 15) is 0 Å². The van der Waals surface area contributed by atoms with Crippen molar-refractivity contribution < 1.29 is 4.74 Å². The summed E-state index contributed by atoms with van der Waals surface area (Å²) in [5, 5.41) is 14.7. The van der Waals surface area contributed by atoms with E-state index in [2.05, 4.69) is 28.2 Å². The molecule has 4 N–H and O–H groups in total. The summed E-state index contributed by atoms with van der Waals surface area (Å²) in [4.78, 5) is 14.3. The van der Waals surface area contributed by atoms with E-state index < -0.39 is 0 Å². The fourth-order valence-electron chi connectivity index (χ4n) is 5.44. The zero-order chi connectivity index (χ0) is 26.9. The molecule has 2 aromatic carbocycles. The van der Waals surface area contributed by atoms with Gasteiger partial charge in [0, 0.05) is 23.8 Å². The molecule has 0 radical (unpaired) electrons. The van der Waals surface area contributed by atoms with E-state index in [4.69, 9.17) is 31.3 Å². The normalized spacial score (nSPS) is 18.8. The van der Waals surface area contributed by atoms with Crippen molar-refractivity contribution in [1.82, 2.24) is 20.3 Å². The van der Waals surface area contributed by atoms with Gasteiger partial charge in [-0.1, -0.05) is 74.5 Å². The van der Waals surface area contributed by atoms with Gasteiger partial charge in [-0.25, -0.2) is 0 Å². The smallest absolute Gasteiger partial charge is 0.233 e. The minimum atomic E-state index is 0.254. The topological polar surface area (TPSA) is 96.0 Å². The molecule has 39 heavy (non-hydrogen) atoms. The van der Waals surface area contributed by atoms with E-state index >= 15 is 0 Å². The average molecular weight is 550 g/mol. The summed E-state index contributed by atoms with van der Waals surface area (Å²) in [6.07, 6.45) is 10.7. The number of hydrogen-bond donors (Lipinski definition) is 4. The third-order valence-corrected chi connectivity index (χ3v) is 7.88. The zero-order valence-corrected chi connectivity index (χ0v) is 23.5. The Morgan fingerprint density at radius 3 is 2.41 bits per heavy atom. The van der Waals surface area contributed by atoms with Crippen molar-refractivity contribution in [3.63, 3.8) is 0 Å². The molecule has 2 unspecified atom stereocenters. The quantitative estimate of drug-likeness (QED) is 0.191. The molecule has 2 atom stereocenters. The Morgan fingerprint density at radius 1 is 0.923 bits per heavy atom. The van der Waals surface area contributed by atoms with Gasteiger partial charge >= 0.3 is 0 Å². The van der Waals surface area contributed by atoms with Gasteiger partial charge < -0.3 is 26.0 Å². The summed E-state index contributed by atoms with van der Waals surface area (Å²) >= 11 is 6.58. The van der Waals surface area contributed by atoms with E-state index in [0.717, 1.165) is 43.5 Å². The molecule has 1 aliphatic heterocycles. The number of nitrogens with one attached hydrogen (secondary N) is 4. The highest BCUT2D eigenvalue weighted by atomic mass is 35.5. The average Bonchev–Trinajstić information content (AvgIpc) is 3.36. The molecule has 1 aromatic heterocycles. The molecule has 5 rings (SSSR count). The first-order chi connectivity index (χ1) is 19.2. The third-order valence-electron chi connectivity index (χ3n) is 7.59. The summed E-state index contributed by atoms with van der Waals surface area (Å²) < 4.78 is 5.94. The number of ether oxygens (including phenoxy) is 1. The van der Waals surface area contributed by atoms with Crippen molar-refractivity contribution in [3.8, 4) is 5.75 Å². The van der Waals surface area contributed by atoms with Gasteiger partial charge in [-0.3, -0.25) is 0 Å². The van der Waals surface area contributed by atoms with Crippen molar-refractivity contribution >= 4 is 35.1 Å². The molecule has 2 aliphatic rings. The first kappa shape index (κ1) is 27.5. The Balaban J connectivity index is 1.32. The summed E-state index contributed by atoms with van der Waals surface area (Å²) in [5.41, 5.74) is 1.88. The van der Waals surface area contributed by atoms with Crippen molar-refractivity contribution in [2.24, 2.45) is 0 Å². The molecular weight excluding hydrogens is 510 g/mol. The van der Waals surface area contributed by atoms with Crippen molar-refractivity contribution in [1.29, 1.82) is 0 Å². The van der Waals surface area contributed by atoms with Crippen LogP contribution in [0, 0.1) is 0 Å². The van der Waals surface area contributed by atoms with Crippen LogP contribution in [0.3, 0.4) is 0 Å². The molecule has 1 saturated heterocycles. The van der Waals surface area contributed by atoms with Gasteiger partial charge in [0.15, 0.2) is 0 Å². The maximum atomic E-state index is 6.58. The molecule has 9 heteroatoms. The van der Waals surface area contributed by atoms with Gasteiger partial charge in [0.25, 0.3) is 0 Å². The Bertz CT molecular complexity index is 1180. The highest BCUT2D eigenvalue weighted by Gasteiger charge is 2.24. The lowest BCUT2D eigenvalue weighted by Gasteiger charge is -2.24. The van der Waals surface area contributed by atoms with Crippen LogP contribution < -0.4 is 26.0 Å². The van der Waals surface area contributed by atoms with Gasteiger partial charge in [0.05, 0.1) is 5.02 Å². The molecule has 0 amide bonds. The van der Waals surface area contributed by atoms with E-state index in [1.165, 1.54) is 32.1 Å². The monoisotopic (exact) mass is 549 g/mol. The summed E-state index contributed by atoms with van der Waals surface area (Å²) in [6.45, 7) is 3.72. The second kappa shape index (κ2) is 13.8. The van der Waals surface area contributed by atoms with Crippen LogP contribution in [0.25, 0.3) is 0 Å². The lowest BCUT2D eigenvalue weighted by molar-refractivity contribution is 0.306. The Labute approximate surface area is 236 Å². The van der Waals surface area contributed by atoms with Crippen LogP contribution in [-0.2, 0) is 6.61 Å². The summed E-state index contributed by atoms with van der Waals surface area (Å²) in [7, 11) is 0. The van der Waals surface area contributed by atoms with Gasteiger partial charge in [0.1, 0.15) is 12.4 Å². The van der Waals surface area contributed by atoms with Gasteiger partial charge in [-0.15, -0.1) is 0 Å². The van der Waals surface area contributed by atoms with Crippen molar-refractivity contribution in [2.75, 3.05) is 22.5 Å². The van der Waals surface area contributed by atoms with Crippen LogP contribution in [-0.4, -0.2) is 39.6 Å². The van der Waals surface area contributed by atoms with Crippen LogP contribution in [0.4, 0.5) is 23.5 Å². The zero-order valence-electron chi connectivity index (χ0n) is 22.8. The van der Waals surface area contributed by atoms with E-state index in [-0.39, 0.29) is 6.04 Å². The highest BCUT2D eigenvalue weighted by molar-refractivity contribution is 6.32. The number of halogens is 1. The Kier molecular flexibility index (Phi) is 9.72. The number of benzene rings is 2. The number of aromatic nitrogens is 3. The second-order valence-electron chi connectivity index (χ2n) is 10.5. The third kappa shape index (κ3) is 7.96. The van der Waals surface area contributed by atoms with Crippen molar-refractivity contribution in [3.05, 3.63) is 59.1 Å². The van der Waals surface area contributed by atoms with Crippen LogP contribution >= 0.6 is 11.6 Å². The molecule has 2 heterocycles. The number of rotatable bonds is 11. The van der Waals surface area contributed by atoms with Gasteiger partial charge in [-0.2, -0.15) is 15.0 Å². The fraction of sp³-hybridized carbons (Fsp3) is 0.500. The maximum Gasteiger partial charge on any atom is 0.233 e. The lowest BCUT2D eigenvalue weighted by Crippen LogP contribution is -2.40. The molecule has 3 aromatic rings. The fourth-order valence-corrected chi connectivity index (χ4v) is 5.67. The van der Waals surface area contributed by atoms with E-state index in [1.54, 1.807) is 0 Å². The van der Waals surface area contributed by atoms with Crippen LogP contribution in [0.2, 0.25) is 5.02 Å². The molecule has 0 bridgehead atoms. The summed E-state index contributed by atoms with van der Waals surface area (Å²) in [6, 6.07) is 16.7. The first-order valence-corrected chi connectivity index (χ1v) is 14.8. The minimum absolute atomic E-state index is 0.254. The highest BCUT2D eigenvalue weighted by Crippen LogP contribution is 2.30. The number of nitrogens with zero attached hydrogens (tertiary/aromatic N) is 3. The molecule has 0 spiro atoms. The minimum Gasteiger partial charge on any atom is -0.487 e. The number of hydrogen-bond acceptors (Lipinski definition) is 8. The predicted molar refractivity (Wildman–Crippen MR) is 159 cm³/mol. The second-order valence-corrected chi connectivity index (χ2v) is 11.0. The predicted octanol–water partition coefficient (Wildman–Crippen LogP) is 6.92. The first-order valence-electron chi connectivity index (χ1n) is 14.4. The SMILES string of the molecule is CCC(Nc1nc(Nc2ccc(OCc3ccccc3)c(Cl)c2)nc(NC2CCCCCC2)n1)C1CCCN1. The molecule has 1 aliphatic carbocycles. The molecule has 1 saturated carbocycles. The van der Waals surface area contributed by atoms with Crippen LogP contribution in [0.15, 0.2) is 48.5 Å². The largest absolute Gasteiger partial charge is 0.487 e. The summed E-state index contributed by atoms with van der Waals surface area (Å²) in [5.74, 6) is 2.30. The lowest BCUT2D eigenvalue weighted by atomic mass is 10.0. The molecular formula is C30H40ClN7O. The number of anilines is 4. The van der Waals surface area contributed by atoms with Gasteiger partial charge in [-0.05, 0) is 62.4 Å². The molecule has 8 nitrogen and oxygen atoms in total. The van der Waals surface area contributed by atoms with Gasteiger partial charge in [0.2, 0.25) is 17.8 Å². The Morgan fingerprint density at radius 2 is 1.69 bits per heavy atom. The Hall–Kier alpha value is -3.10. The maximum absolute atomic E-state index is 6.58. The molecule has 208 valence electrons. The van der Waals surface area contributed by atoms with Crippen LogP contribution in [0.1, 0.15) is 70.3 Å². The standard InChI is InChI=1S/C30H40ClN7O/c1-2-25(26-15-10-18-32-26)35-30-37-28(33-22-13-8-3-4-9-14-22)36-29(38-30)34-23-16-17-27(24(31)19-23)39-20-21-11-6-5-7-12-21/h5-7,11-12,16-17,19,22,25-26,32H,2-4,8-10,13-15,18,20H2,1H3,(H3,33,34,35,36,37,38). The van der Waals surface area contributed by atoms with Crippen LogP contribution in [0.5, 0.6) is 5.75 Å². The van der Waals surface area contributed by atoms with E-state index in [1.807, 2.05) is 48.5 Å². The molecule has 2 fully saturated rings. The van der Waals surface area contributed by atoms with Crippen molar-refractivity contribution in [2.45, 2.75) is 89.4 Å².